The molecule has 0 spiro atoms. The molecule has 0 aliphatic heterocycles. The zero-order valence-electron chi connectivity index (χ0n) is 10.2. The van der Waals surface area contributed by atoms with Gasteiger partial charge in [0.05, 0.1) is 13.2 Å². The van der Waals surface area contributed by atoms with Crippen LogP contribution >= 0.6 is 19.2 Å². The molecule has 0 heterocycles. The van der Waals surface area contributed by atoms with Gasteiger partial charge in [-0.3, -0.25) is 4.57 Å². The summed E-state index contributed by atoms with van der Waals surface area (Å²) < 4.78 is 36.2. The minimum Gasteiger partial charge on any atom is -0.314 e. The van der Waals surface area contributed by atoms with E-state index in [-0.39, 0.29) is 18.8 Å². The Balaban J connectivity index is 3.13. The second-order valence-electron chi connectivity index (χ2n) is 3.49. The van der Waals surface area contributed by atoms with Gasteiger partial charge in [0.25, 0.3) is 0 Å². The zero-order chi connectivity index (χ0) is 13.8. The van der Waals surface area contributed by atoms with Crippen LogP contribution in [0.1, 0.15) is 25.2 Å². The second-order valence-corrected chi connectivity index (χ2v) is 6.07. The van der Waals surface area contributed by atoms with Crippen molar-refractivity contribution in [3.63, 3.8) is 0 Å². The Bertz CT molecular complexity index is 448. The minimum atomic E-state index is -3.60. The van der Waals surface area contributed by atoms with Crippen LogP contribution in [0.4, 0.5) is 4.39 Å². The maximum Gasteiger partial charge on any atom is 0.351 e. The van der Waals surface area contributed by atoms with Crippen molar-refractivity contribution in [3.8, 4) is 0 Å². The Hall–Kier alpha value is -0.450. The van der Waals surface area contributed by atoms with Crippen molar-refractivity contribution in [1.82, 2.24) is 0 Å². The predicted molar refractivity (Wildman–Crippen MR) is 69.2 cm³/mol. The van der Waals surface area contributed by atoms with E-state index in [1.807, 2.05) is 0 Å². The minimum absolute atomic E-state index is 0.0210. The first-order valence-electron chi connectivity index (χ1n) is 5.54. The first kappa shape index (κ1) is 15.6. The van der Waals surface area contributed by atoms with Crippen LogP contribution in [0.25, 0.3) is 0 Å². The van der Waals surface area contributed by atoms with Gasteiger partial charge in [0, 0.05) is 10.6 Å². The number of benzene rings is 1. The summed E-state index contributed by atoms with van der Waals surface area (Å²) in [4.78, 5) is 0. The topological polar surface area (TPSA) is 61.5 Å². The van der Waals surface area contributed by atoms with Gasteiger partial charge in [0.2, 0.25) is 0 Å². The van der Waals surface area contributed by atoms with Crippen LogP contribution in [-0.2, 0) is 13.6 Å². The van der Waals surface area contributed by atoms with E-state index >= 15 is 0 Å². The Kier molecular flexibility index (Phi) is 5.76. The molecule has 0 fully saturated rings. The lowest BCUT2D eigenvalue weighted by Crippen LogP contribution is -2.16. The van der Waals surface area contributed by atoms with Crippen LogP contribution in [0, 0.1) is 5.82 Å². The summed E-state index contributed by atoms with van der Waals surface area (Å²) in [5.74, 6) is -1.79. The van der Waals surface area contributed by atoms with Crippen molar-refractivity contribution < 1.29 is 18.0 Å². The molecule has 18 heavy (non-hydrogen) atoms. The molecule has 0 aliphatic rings. The molecule has 0 bridgehead atoms. The van der Waals surface area contributed by atoms with Crippen LogP contribution in [-0.4, -0.2) is 13.2 Å². The fourth-order valence-electron chi connectivity index (χ4n) is 1.47. The van der Waals surface area contributed by atoms with Gasteiger partial charge in [0.1, 0.15) is 11.6 Å². The van der Waals surface area contributed by atoms with Crippen molar-refractivity contribution in [1.29, 1.82) is 0 Å². The third-order valence-electron chi connectivity index (χ3n) is 2.24. The molecule has 0 unspecified atom stereocenters. The van der Waals surface area contributed by atoms with E-state index < -0.39 is 19.2 Å². The molecular weight excluding hydrogens is 280 g/mol. The summed E-state index contributed by atoms with van der Waals surface area (Å²) in [6.07, 6.45) is 0. The predicted octanol–water partition coefficient (Wildman–Crippen LogP) is 3.70. The lowest BCUT2D eigenvalue weighted by atomic mass is 10.2. The number of nitrogens with two attached hydrogens (primary N) is 1. The Morgan fingerprint density at radius 3 is 2.44 bits per heavy atom. The molecule has 1 atom stereocenters. The van der Waals surface area contributed by atoms with E-state index in [4.69, 9.17) is 26.4 Å². The standard InChI is InChI=1S/C11H16ClFNO3P/c1-3-16-18(15,17-4-2)11(14)9-7-8(12)5-6-10(9)13/h5-7,11H,3-4,14H2,1-2H3/t11-/m0/s1. The van der Waals surface area contributed by atoms with Gasteiger partial charge in [-0.2, -0.15) is 0 Å². The molecule has 0 amide bonds. The summed E-state index contributed by atoms with van der Waals surface area (Å²) in [5.41, 5.74) is 5.82. The number of rotatable bonds is 6. The number of hydrogen-bond donors (Lipinski definition) is 1. The van der Waals surface area contributed by atoms with Crippen LogP contribution in [0.15, 0.2) is 18.2 Å². The molecule has 0 aliphatic carbocycles. The highest BCUT2D eigenvalue weighted by molar-refractivity contribution is 7.54. The average Bonchev–Trinajstić information content (AvgIpc) is 2.32. The SMILES string of the molecule is CCOP(=O)(OCC)[C@H](N)c1cc(Cl)ccc1F. The quantitative estimate of drug-likeness (QED) is 0.813. The molecule has 0 saturated heterocycles. The van der Waals surface area contributed by atoms with Gasteiger partial charge in [-0.25, -0.2) is 4.39 Å². The van der Waals surface area contributed by atoms with Crippen molar-refractivity contribution in [3.05, 3.63) is 34.6 Å². The largest absolute Gasteiger partial charge is 0.351 e. The molecule has 0 saturated carbocycles. The van der Waals surface area contributed by atoms with Crippen molar-refractivity contribution in [2.75, 3.05) is 13.2 Å². The highest BCUT2D eigenvalue weighted by Gasteiger charge is 2.35. The van der Waals surface area contributed by atoms with Gasteiger partial charge >= 0.3 is 7.60 Å². The van der Waals surface area contributed by atoms with Gasteiger partial charge in [-0.15, -0.1) is 0 Å². The zero-order valence-corrected chi connectivity index (χ0v) is 11.9. The van der Waals surface area contributed by atoms with Crippen molar-refractivity contribution in [2.24, 2.45) is 5.73 Å². The maximum atomic E-state index is 13.7. The normalized spacial score (nSPS) is 13.6. The monoisotopic (exact) mass is 295 g/mol. The summed E-state index contributed by atoms with van der Waals surface area (Å²) >= 11 is 5.77. The summed E-state index contributed by atoms with van der Waals surface area (Å²) in [5, 5.41) is 0.307. The highest BCUT2D eigenvalue weighted by Crippen LogP contribution is 2.58. The Morgan fingerprint density at radius 1 is 1.39 bits per heavy atom. The molecule has 0 aromatic heterocycles. The van der Waals surface area contributed by atoms with Crippen molar-refractivity contribution >= 4 is 19.2 Å². The average molecular weight is 296 g/mol. The lowest BCUT2D eigenvalue weighted by molar-refractivity contribution is 0.212. The molecule has 102 valence electrons. The van der Waals surface area contributed by atoms with E-state index in [1.165, 1.54) is 18.2 Å². The van der Waals surface area contributed by atoms with Crippen LogP contribution in [0.3, 0.4) is 0 Å². The van der Waals surface area contributed by atoms with Crippen molar-refractivity contribution in [2.45, 2.75) is 19.6 Å². The Labute approximate surface area is 111 Å². The maximum absolute atomic E-state index is 13.7. The van der Waals surface area contributed by atoms with Crippen LogP contribution in [0.5, 0.6) is 0 Å². The van der Waals surface area contributed by atoms with Gasteiger partial charge in [-0.1, -0.05) is 11.6 Å². The fraction of sp³-hybridized carbons (Fsp3) is 0.455. The van der Waals surface area contributed by atoms with Crippen LogP contribution in [0.2, 0.25) is 5.02 Å². The van der Waals surface area contributed by atoms with E-state index in [9.17, 15) is 8.96 Å². The fourth-order valence-corrected chi connectivity index (χ4v) is 3.30. The summed E-state index contributed by atoms with van der Waals surface area (Å²) in [7, 11) is -3.60. The molecule has 1 aromatic rings. The van der Waals surface area contributed by atoms with E-state index in [2.05, 4.69) is 0 Å². The lowest BCUT2D eigenvalue weighted by Gasteiger charge is -2.23. The van der Waals surface area contributed by atoms with E-state index in [1.54, 1.807) is 13.8 Å². The van der Waals surface area contributed by atoms with Gasteiger partial charge < -0.3 is 14.8 Å². The molecular formula is C11H16ClFNO3P. The molecule has 1 rings (SSSR count). The molecule has 4 nitrogen and oxygen atoms in total. The van der Waals surface area contributed by atoms with Gasteiger partial charge in [0.15, 0.2) is 0 Å². The molecule has 2 N–H and O–H groups in total. The first-order valence-corrected chi connectivity index (χ1v) is 7.53. The third-order valence-corrected chi connectivity index (χ3v) is 4.67. The summed E-state index contributed by atoms with van der Waals surface area (Å²) in [6, 6.07) is 3.88. The molecule has 0 radical (unpaired) electrons. The second kappa shape index (κ2) is 6.64. The van der Waals surface area contributed by atoms with E-state index in [0.717, 1.165) is 0 Å². The number of halogens is 2. The Morgan fingerprint density at radius 2 is 1.94 bits per heavy atom. The highest BCUT2D eigenvalue weighted by atomic mass is 35.5. The third kappa shape index (κ3) is 3.53. The van der Waals surface area contributed by atoms with Gasteiger partial charge in [-0.05, 0) is 32.0 Å². The smallest absolute Gasteiger partial charge is 0.314 e. The molecule has 1 aromatic carbocycles. The van der Waals surface area contributed by atoms with E-state index in [0.29, 0.717) is 5.02 Å². The first-order chi connectivity index (χ1) is 8.44. The molecule has 7 heteroatoms. The van der Waals surface area contributed by atoms with Crippen LogP contribution < -0.4 is 5.73 Å². The number of hydrogen-bond acceptors (Lipinski definition) is 4. The summed E-state index contributed by atoms with van der Waals surface area (Å²) in [6.45, 7) is 3.64.